The number of carbonyl (C=O) groups is 2. The van der Waals surface area contributed by atoms with Gasteiger partial charge in [-0.25, -0.2) is 4.90 Å². The van der Waals surface area contributed by atoms with E-state index in [0.29, 0.717) is 33.7 Å². The fourth-order valence-electron chi connectivity index (χ4n) is 3.31. The Morgan fingerprint density at radius 3 is 2.56 bits per heavy atom. The zero-order chi connectivity index (χ0) is 22.7. The number of hydrogen-bond donors (Lipinski definition) is 0. The molecule has 1 aliphatic heterocycles. The maximum Gasteiger partial charge on any atom is 0.298 e. The maximum atomic E-state index is 12.9. The maximum absolute atomic E-state index is 12.9. The number of imide groups is 1. The molecule has 1 fully saturated rings. The molecular weight excluding hydrogens is 446 g/mol. The lowest BCUT2D eigenvalue weighted by Crippen LogP contribution is -2.27. The molecule has 162 valence electrons. The highest BCUT2D eigenvalue weighted by Gasteiger charge is 2.36. The third kappa shape index (κ3) is 4.82. The highest BCUT2D eigenvalue weighted by molar-refractivity contribution is 8.19. The van der Waals surface area contributed by atoms with Crippen molar-refractivity contribution in [3.05, 3.63) is 93.3 Å². The van der Waals surface area contributed by atoms with Crippen LogP contribution in [-0.2, 0) is 11.4 Å². The van der Waals surface area contributed by atoms with Crippen LogP contribution >= 0.6 is 23.4 Å². The Balaban J connectivity index is 1.53. The molecule has 5 nitrogen and oxygen atoms in total. The Labute approximate surface area is 195 Å². The summed E-state index contributed by atoms with van der Waals surface area (Å²) in [5.41, 5.74) is 3.40. The number of benzene rings is 3. The van der Waals surface area contributed by atoms with E-state index in [1.165, 1.54) is 5.56 Å². The average molecular weight is 466 g/mol. The highest BCUT2D eigenvalue weighted by Crippen LogP contribution is 2.37. The monoisotopic (exact) mass is 465 g/mol. The number of rotatable bonds is 6. The third-order valence-corrected chi connectivity index (χ3v) is 5.93. The third-order valence-electron chi connectivity index (χ3n) is 4.82. The quantitative estimate of drug-likeness (QED) is 0.390. The van der Waals surface area contributed by atoms with Gasteiger partial charge >= 0.3 is 0 Å². The summed E-state index contributed by atoms with van der Waals surface area (Å²) in [4.78, 5) is 26.8. The summed E-state index contributed by atoms with van der Waals surface area (Å²) in [5.74, 6) is 0.750. The fourth-order valence-corrected chi connectivity index (χ4v) is 4.34. The predicted octanol–water partition coefficient (Wildman–Crippen LogP) is 6.48. The number of amides is 2. The van der Waals surface area contributed by atoms with Crippen molar-refractivity contribution < 1.29 is 19.1 Å². The predicted molar refractivity (Wildman–Crippen MR) is 128 cm³/mol. The lowest BCUT2D eigenvalue weighted by molar-refractivity contribution is -0.113. The number of thioether (sulfide) groups is 1. The Bertz CT molecular complexity index is 1220. The van der Waals surface area contributed by atoms with E-state index in [0.717, 1.165) is 27.8 Å². The minimum Gasteiger partial charge on any atom is -0.493 e. The Hall–Kier alpha value is -3.22. The molecule has 32 heavy (non-hydrogen) atoms. The second-order valence-corrected chi connectivity index (χ2v) is 8.61. The SMILES string of the molecule is COc1cc(/C=C2/SC(=O)N(c3cccc(Cl)c3)C2=O)ccc1OCc1cccc(C)c1. The van der Waals surface area contributed by atoms with Gasteiger partial charge in [-0.1, -0.05) is 53.6 Å². The number of carbonyl (C=O) groups excluding carboxylic acids is 2. The minimum atomic E-state index is -0.388. The van der Waals surface area contributed by atoms with Crippen LogP contribution in [0.4, 0.5) is 10.5 Å². The van der Waals surface area contributed by atoms with Gasteiger partial charge in [0.05, 0.1) is 17.7 Å². The van der Waals surface area contributed by atoms with Gasteiger partial charge in [0.15, 0.2) is 11.5 Å². The second-order valence-electron chi connectivity index (χ2n) is 7.19. The van der Waals surface area contributed by atoms with Gasteiger partial charge in [-0.3, -0.25) is 9.59 Å². The fraction of sp³-hybridized carbons (Fsp3) is 0.120. The molecule has 7 heteroatoms. The lowest BCUT2D eigenvalue weighted by Gasteiger charge is -2.13. The molecule has 0 aromatic heterocycles. The summed E-state index contributed by atoms with van der Waals surface area (Å²) in [6.45, 7) is 2.45. The van der Waals surface area contributed by atoms with Crippen molar-refractivity contribution in [3.8, 4) is 11.5 Å². The molecule has 3 aromatic rings. The number of halogens is 1. The van der Waals surface area contributed by atoms with Gasteiger partial charge in [-0.15, -0.1) is 0 Å². The summed E-state index contributed by atoms with van der Waals surface area (Å²) in [7, 11) is 1.56. The first-order chi connectivity index (χ1) is 15.4. The molecule has 0 unspecified atom stereocenters. The first kappa shape index (κ1) is 22.0. The van der Waals surface area contributed by atoms with E-state index in [9.17, 15) is 9.59 Å². The van der Waals surface area contributed by atoms with Crippen molar-refractivity contribution in [2.75, 3.05) is 12.0 Å². The van der Waals surface area contributed by atoms with Crippen molar-refractivity contribution in [1.29, 1.82) is 0 Å². The zero-order valence-corrected chi connectivity index (χ0v) is 19.1. The van der Waals surface area contributed by atoms with E-state index >= 15 is 0 Å². The van der Waals surface area contributed by atoms with Gasteiger partial charge in [0.2, 0.25) is 0 Å². The van der Waals surface area contributed by atoms with E-state index in [4.69, 9.17) is 21.1 Å². The summed E-state index contributed by atoms with van der Waals surface area (Å²) in [6.07, 6.45) is 1.67. The number of ether oxygens (including phenoxy) is 2. The molecule has 1 saturated heterocycles. The first-order valence-corrected chi connectivity index (χ1v) is 11.0. The van der Waals surface area contributed by atoms with E-state index in [1.54, 1.807) is 49.6 Å². The zero-order valence-electron chi connectivity index (χ0n) is 17.5. The van der Waals surface area contributed by atoms with Gasteiger partial charge in [-0.2, -0.15) is 0 Å². The smallest absolute Gasteiger partial charge is 0.298 e. The Morgan fingerprint density at radius 1 is 1.00 bits per heavy atom. The normalized spacial score (nSPS) is 14.8. The molecule has 0 radical (unpaired) electrons. The van der Waals surface area contributed by atoms with E-state index in [-0.39, 0.29) is 11.1 Å². The van der Waals surface area contributed by atoms with Crippen LogP contribution < -0.4 is 14.4 Å². The van der Waals surface area contributed by atoms with Gasteiger partial charge in [-0.05, 0) is 66.2 Å². The number of anilines is 1. The van der Waals surface area contributed by atoms with Crippen molar-refractivity contribution in [2.45, 2.75) is 13.5 Å². The first-order valence-electron chi connectivity index (χ1n) is 9.84. The van der Waals surface area contributed by atoms with Crippen LogP contribution in [0.5, 0.6) is 11.5 Å². The van der Waals surface area contributed by atoms with Gasteiger partial charge in [0, 0.05) is 5.02 Å². The van der Waals surface area contributed by atoms with E-state index in [1.807, 2.05) is 31.2 Å². The molecule has 0 spiro atoms. The van der Waals surface area contributed by atoms with Crippen LogP contribution in [0.25, 0.3) is 6.08 Å². The molecule has 3 aromatic carbocycles. The molecule has 2 amide bonds. The summed E-state index contributed by atoms with van der Waals surface area (Å²) in [6, 6.07) is 20.1. The van der Waals surface area contributed by atoms with Crippen molar-refractivity contribution in [3.63, 3.8) is 0 Å². The molecule has 0 atom stereocenters. The Kier molecular flexibility index (Phi) is 6.53. The van der Waals surface area contributed by atoms with Gasteiger partial charge < -0.3 is 9.47 Å². The van der Waals surface area contributed by atoms with Crippen molar-refractivity contribution >= 4 is 46.3 Å². The van der Waals surface area contributed by atoms with Crippen LogP contribution in [0.3, 0.4) is 0 Å². The highest BCUT2D eigenvalue weighted by atomic mass is 35.5. The molecule has 0 N–H and O–H groups in total. The molecule has 0 bridgehead atoms. The van der Waals surface area contributed by atoms with Crippen LogP contribution in [0, 0.1) is 6.92 Å². The average Bonchev–Trinajstić information content (AvgIpc) is 3.05. The summed E-state index contributed by atoms with van der Waals surface area (Å²) < 4.78 is 11.4. The summed E-state index contributed by atoms with van der Waals surface area (Å²) in [5, 5.41) is 0.0881. The molecular formula is C25H20ClNO4S. The van der Waals surface area contributed by atoms with Crippen molar-refractivity contribution in [1.82, 2.24) is 0 Å². The molecule has 1 heterocycles. The number of methoxy groups -OCH3 is 1. The van der Waals surface area contributed by atoms with Gasteiger partial charge in [0.25, 0.3) is 11.1 Å². The number of hydrogen-bond acceptors (Lipinski definition) is 5. The largest absolute Gasteiger partial charge is 0.493 e. The summed E-state index contributed by atoms with van der Waals surface area (Å²) >= 11 is 6.90. The Morgan fingerprint density at radius 2 is 1.81 bits per heavy atom. The van der Waals surface area contributed by atoms with Crippen LogP contribution in [0.2, 0.25) is 5.02 Å². The molecule has 1 aliphatic rings. The molecule has 0 saturated carbocycles. The van der Waals surface area contributed by atoms with Crippen LogP contribution in [-0.4, -0.2) is 18.3 Å². The molecule has 0 aliphatic carbocycles. The van der Waals surface area contributed by atoms with Crippen LogP contribution in [0.1, 0.15) is 16.7 Å². The van der Waals surface area contributed by atoms with E-state index < -0.39 is 0 Å². The number of aryl methyl sites for hydroxylation is 1. The second kappa shape index (κ2) is 9.51. The number of nitrogens with zero attached hydrogens (tertiary/aromatic N) is 1. The van der Waals surface area contributed by atoms with Crippen LogP contribution in [0.15, 0.2) is 71.6 Å². The lowest BCUT2D eigenvalue weighted by atomic mass is 10.1. The van der Waals surface area contributed by atoms with Crippen molar-refractivity contribution in [2.24, 2.45) is 0 Å². The van der Waals surface area contributed by atoms with Gasteiger partial charge in [0.1, 0.15) is 6.61 Å². The minimum absolute atomic E-state index is 0.324. The topological polar surface area (TPSA) is 55.8 Å². The standard InChI is InChI=1S/C25H20ClNO4S/c1-16-5-3-6-18(11-16)15-31-21-10-9-17(12-22(21)30-2)13-23-24(28)27(25(29)32-23)20-8-4-7-19(26)14-20/h3-14H,15H2,1-2H3/b23-13+. The van der Waals surface area contributed by atoms with E-state index in [2.05, 4.69) is 6.07 Å². The molecule has 4 rings (SSSR count).